The van der Waals surface area contributed by atoms with E-state index in [4.69, 9.17) is 15.8 Å². The van der Waals surface area contributed by atoms with Crippen molar-refractivity contribution in [3.8, 4) is 18.2 Å². The van der Waals surface area contributed by atoms with E-state index in [-0.39, 0.29) is 23.6 Å². The Bertz CT molecular complexity index is 682. The number of carbonyl (C=O) groups is 1. The van der Waals surface area contributed by atoms with Crippen molar-refractivity contribution in [1.82, 2.24) is 4.90 Å². The molecule has 0 saturated carbocycles. The van der Waals surface area contributed by atoms with Gasteiger partial charge in [-0.2, -0.15) is 15.8 Å². The first-order valence-electron chi connectivity index (χ1n) is 6.02. The molecule has 21 heavy (non-hydrogen) atoms. The number of nitriles is 3. The molecule has 1 aromatic carbocycles. The van der Waals surface area contributed by atoms with Gasteiger partial charge in [-0.15, -0.1) is 0 Å². The van der Waals surface area contributed by atoms with E-state index >= 15 is 0 Å². The molecule has 0 aliphatic carbocycles. The number of amides is 1. The largest absolute Gasteiger partial charge is 0.349 e. The van der Waals surface area contributed by atoms with Crippen molar-refractivity contribution in [2.75, 3.05) is 19.4 Å². The fourth-order valence-electron chi connectivity index (χ4n) is 1.52. The number of nitrogens with one attached hydrogen (secondary N) is 1. The summed E-state index contributed by atoms with van der Waals surface area (Å²) in [5.74, 6) is -0.0436. The Morgan fingerprint density at radius 2 is 1.86 bits per heavy atom. The van der Waals surface area contributed by atoms with Gasteiger partial charge in [-0.05, 0) is 17.7 Å². The van der Waals surface area contributed by atoms with Crippen LogP contribution in [0, 0.1) is 34.0 Å². The fourth-order valence-corrected chi connectivity index (χ4v) is 1.52. The lowest BCUT2D eigenvalue weighted by Gasteiger charge is -2.11. The number of hydrogen-bond donors (Lipinski definition) is 1. The molecule has 0 radical (unpaired) electrons. The van der Waals surface area contributed by atoms with E-state index in [0.29, 0.717) is 5.69 Å². The van der Waals surface area contributed by atoms with Crippen molar-refractivity contribution in [3.05, 3.63) is 41.1 Å². The third-order valence-corrected chi connectivity index (χ3v) is 2.64. The van der Waals surface area contributed by atoms with E-state index < -0.39 is 0 Å². The number of hydrogen-bond acceptors (Lipinski definition) is 5. The van der Waals surface area contributed by atoms with Crippen molar-refractivity contribution in [2.24, 2.45) is 0 Å². The molecule has 0 aromatic heterocycles. The minimum absolute atomic E-state index is 0.0436. The number of rotatable bonds is 4. The summed E-state index contributed by atoms with van der Waals surface area (Å²) in [6.07, 6.45) is 0.234. The van der Waals surface area contributed by atoms with Gasteiger partial charge < -0.3 is 10.2 Å². The maximum Gasteiger partial charge on any atom is 0.226 e. The van der Waals surface area contributed by atoms with Gasteiger partial charge in [0.25, 0.3) is 0 Å². The van der Waals surface area contributed by atoms with Crippen LogP contribution in [0.4, 0.5) is 5.69 Å². The monoisotopic (exact) mass is 279 g/mol. The van der Waals surface area contributed by atoms with Crippen LogP contribution in [0.15, 0.2) is 35.5 Å². The van der Waals surface area contributed by atoms with E-state index in [0.717, 1.165) is 5.56 Å². The number of nitrogens with zero attached hydrogens (tertiary/aromatic N) is 4. The van der Waals surface area contributed by atoms with Gasteiger partial charge in [-0.25, -0.2) is 0 Å². The molecule has 0 spiro atoms. The lowest BCUT2D eigenvalue weighted by Crippen LogP contribution is -2.23. The topological polar surface area (TPSA) is 104 Å². The van der Waals surface area contributed by atoms with Crippen LogP contribution in [-0.4, -0.2) is 24.9 Å². The second-order valence-electron chi connectivity index (χ2n) is 4.38. The first-order valence-corrected chi connectivity index (χ1v) is 6.02. The smallest absolute Gasteiger partial charge is 0.226 e. The van der Waals surface area contributed by atoms with E-state index in [9.17, 15) is 4.79 Å². The van der Waals surface area contributed by atoms with Crippen LogP contribution in [0.3, 0.4) is 0 Å². The first kappa shape index (κ1) is 15.8. The molecule has 0 fully saturated rings. The number of anilines is 1. The summed E-state index contributed by atoms with van der Waals surface area (Å²) < 4.78 is 0. The molecule has 1 rings (SSSR count). The number of benzene rings is 1. The Balaban J connectivity index is 3.00. The first-order chi connectivity index (χ1) is 10.0. The van der Waals surface area contributed by atoms with Gasteiger partial charge >= 0.3 is 0 Å². The highest BCUT2D eigenvalue weighted by molar-refractivity contribution is 5.78. The molecule has 0 aliphatic heterocycles. The van der Waals surface area contributed by atoms with Crippen LogP contribution in [0.2, 0.25) is 0 Å². The summed E-state index contributed by atoms with van der Waals surface area (Å²) in [6.45, 7) is 0. The molecule has 1 aromatic rings. The Labute approximate surface area is 123 Å². The van der Waals surface area contributed by atoms with Crippen LogP contribution < -0.4 is 5.32 Å². The summed E-state index contributed by atoms with van der Waals surface area (Å²) in [7, 11) is 3.35. The zero-order valence-corrected chi connectivity index (χ0v) is 11.7. The van der Waals surface area contributed by atoms with Crippen molar-refractivity contribution in [1.29, 1.82) is 15.8 Å². The van der Waals surface area contributed by atoms with E-state index in [1.54, 1.807) is 56.6 Å². The third kappa shape index (κ3) is 4.38. The van der Waals surface area contributed by atoms with Gasteiger partial charge in [0.05, 0.1) is 6.42 Å². The molecule has 104 valence electrons. The fraction of sp³-hybridized carbons (Fsp3) is 0.200. The summed E-state index contributed by atoms with van der Waals surface area (Å²) in [5.41, 5.74) is 0.911. The van der Waals surface area contributed by atoms with Gasteiger partial charge in [0.1, 0.15) is 23.9 Å². The molecule has 0 aliphatic rings. The van der Waals surface area contributed by atoms with E-state index in [2.05, 4.69) is 5.32 Å². The van der Waals surface area contributed by atoms with E-state index in [1.165, 1.54) is 4.90 Å². The molecule has 6 heteroatoms. The number of allylic oxidation sites excluding steroid dienone is 2. The highest BCUT2D eigenvalue weighted by Crippen LogP contribution is 2.15. The number of carbonyl (C=O) groups excluding carboxylic acids is 1. The maximum absolute atomic E-state index is 11.7. The molecule has 1 amide bonds. The van der Waals surface area contributed by atoms with Crippen LogP contribution >= 0.6 is 0 Å². The highest BCUT2D eigenvalue weighted by atomic mass is 16.2. The molecule has 6 nitrogen and oxygen atoms in total. The molecule has 1 N–H and O–H groups in total. The molecular weight excluding hydrogens is 266 g/mol. The molecule has 0 heterocycles. The molecule has 0 saturated heterocycles. The summed E-state index contributed by atoms with van der Waals surface area (Å²) in [6, 6.07) is 12.0. The standard InChI is InChI=1S/C15H13N5O/c1-20(2)15(21)7-11-4-3-5-13(6-11)19-14(10-18)12(8-16)9-17/h3-6,19H,7H2,1-2H3. The quantitative estimate of drug-likeness (QED) is 0.842. The highest BCUT2D eigenvalue weighted by Gasteiger charge is 2.08. The average molecular weight is 279 g/mol. The van der Waals surface area contributed by atoms with Gasteiger partial charge in [0.2, 0.25) is 5.91 Å². The lowest BCUT2D eigenvalue weighted by molar-refractivity contribution is -0.127. The Kier molecular flexibility index (Phi) is 5.50. The van der Waals surface area contributed by atoms with Gasteiger partial charge in [0.15, 0.2) is 5.57 Å². The normalized spacial score (nSPS) is 8.71. The third-order valence-electron chi connectivity index (χ3n) is 2.64. The van der Waals surface area contributed by atoms with Crippen LogP contribution in [0.1, 0.15) is 5.56 Å². The maximum atomic E-state index is 11.7. The molecule has 0 unspecified atom stereocenters. The lowest BCUT2D eigenvalue weighted by atomic mass is 10.1. The second-order valence-corrected chi connectivity index (χ2v) is 4.38. The molecule has 0 bridgehead atoms. The second kappa shape index (κ2) is 7.33. The van der Waals surface area contributed by atoms with Gasteiger partial charge in [-0.1, -0.05) is 12.1 Å². The van der Waals surface area contributed by atoms with Crippen molar-refractivity contribution >= 4 is 11.6 Å². The van der Waals surface area contributed by atoms with E-state index in [1.807, 2.05) is 0 Å². The van der Waals surface area contributed by atoms with Crippen LogP contribution in [-0.2, 0) is 11.2 Å². The Morgan fingerprint density at radius 3 is 2.38 bits per heavy atom. The van der Waals surface area contributed by atoms with Gasteiger partial charge in [-0.3, -0.25) is 4.79 Å². The molecule has 0 atom stereocenters. The minimum atomic E-state index is -0.285. The average Bonchev–Trinajstić information content (AvgIpc) is 2.47. The Hall–Kier alpha value is -3.30. The number of likely N-dealkylation sites (N-methyl/N-ethyl adjacent to an activating group) is 1. The van der Waals surface area contributed by atoms with Crippen LogP contribution in [0.5, 0.6) is 0 Å². The predicted molar refractivity (Wildman–Crippen MR) is 76.3 cm³/mol. The zero-order valence-electron chi connectivity index (χ0n) is 11.7. The van der Waals surface area contributed by atoms with Crippen molar-refractivity contribution < 1.29 is 4.79 Å². The van der Waals surface area contributed by atoms with Crippen molar-refractivity contribution in [2.45, 2.75) is 6.42 Å². The summed E-state index contributed by atoms with van der Waals surface area (Å²) in [5, 5.41) is 29.2. The summed E-state index contributed by atoms with van der Waals surface area (Å²) >= 11 is 0. The van der Waals surface area contributed by atoms with Gasteiger partial charge in [0, 0.05) is 19.8 Å². The Morgan fingerprint density at radius 1 is 1.19 bits per heavy atom. The molecular formula is C15H13N5O. The SMILES string of the molecule is CN(C)C(=O)Cc1cccc(NC(C#N)=C(C#N)C#N)c1. The zero-order chi connectivity index (χ0) is 15.8. The summed E-state index contributed by atoms with van der Waals surface area (Å²) in [4.78, 5) is 13.2. The van der Waals surface area contributed by atoms with Crippen molar-refractivity contribution in [3.63, 3.8) is 0 Å². The minimum Gasteiger partial charge on any atom is -0.349 e. The van der Waals surface area contributed by atoms with Crippen LogP contribution in [0.25, 0.3) is 0 Å². The predicted octanol–water partition coefficient (Wildman–Crippen LogP) is 1.55.